The predicted octanol–water partition coefficient (Wildman–Crippen LogP) is 3.78. The van der Waals surface area contributed by atoms with E-state index in [1.807, 2.05) is 6.92 Å². The van der Waals surface area contributed by atoms with Crippen molar-refractivity contribution in [2.24, 2.45) is 0 Å². The van der Waals surface area contributed by atoms with Crippen LogP contribution in [-0.2, 0) is 6.42 Å². The molecule has 0 saturated heterocycles. The predicted molar refractivity (Wildman–Crippen MR) is 73.0 cm³/mol. The highest BCUT2D eigenvalue weighted by atomic mass is 19.1. The topological polar surface area (TPSA) is 12.0 Å². The van der Waals surface area contributed by atoms with Gasteiger partial charge in [0.1, 0.15) is 11.6 Å². The van der Waals surface area contributed by atoms with Crippen LogP contribution in [0.25, 0.3) is 0 Å². The maximum atomic E-state index is 13.8. The van der Waals surface area contributed by atoms with Crippen LogP contribution in [0.3, 0.4) is 0 Å². The van der Waals surface area contributed by atoms with Crippen molar-refractivity contribution < 1.29 is 8.78 Å². The Morgan fingerprint density at radius 2 is 1.84 bits per heavy atom. The minimum atomic E-state index is -0.260. The van der Waals surface area contributed by atoms with Gasteiger partial charge in [-0.2, -0.15) is 0 Å². The molecule has 0 radical (unpaired) electrons. The van der Waals surface area contributed by atoms with Gasteiger partial charge in [-0.1, -0.05) is 24.3 Å². The Kier molecular flexibility index (Phi) is 4.27. The van der Waals surface area contributed by atoms with E-state index in [1.165, 1.54) is 18.2 Å². The van der Waals surface area contributed by atoms with E-state index in [0.717, 1.165) is 11.1 Å². The number of nitrogens with one attached hydrogen (secondary N) is 1. The number of likely N-dealkylation sites (N-methyl/N-ethyl adjacent to an activating group) is 1. The van der Waals surface area contributed by atoms with Crippen molar-refractivity contribution in [2.75, 3.05) is 7.05 Å². The maximum absolute atomic E-state index is 13.8. The lowest BCUT2D eigenvalue weighted by Crippen LogP contribution is -2.20. The third kappa shape index (κ3) is 3.18. The number of benzene rings is 2. The third-order valence-electron chi connectivity index (χ3n) is 3.36. The first-order valence-electron chi connectivity index (χ1n) is 6.28. The first-order valence-corrected chi connectivity index (χ1v) is 6.28. The fourth-order valence-corrected chi connectivity index (χ4v) is 2.21. The molecule has 19 heavy (non-hydrogen) atoms. The van der Waals surface area contributed by atoms with Crippen molar-refractivity contribution in [2.45, 2.75) is 19.4 Å². The number of aryl methyl sites for hydroxylation is 1. The highest BCUT2D eigenvalue weighted by Crippen LogP contribution is 2.23. The lowest BCUT2D eigenvalue weighted by atomic mass is 9.96. The molecule has 0 bridgehead atoms. The van der Waals surface area contributed by atoms with Gasteiger partial charge in [0.05, 0.1) is 0 Å². The van der Waals surface area contributed by atoms with Gasteiger partial charge in [0, 0.05) is 11.6 Å². The lowest BCUT2D eigenvalue weighted by molar-refractivity contribution is 0.531. The molecule has 0 aliphatic rings. The Hall–Kier alpha value is -1.74. The summed E-state index contributed by atoms with van der Waals surface area (Å²) in [6.45, 7) is 1.93. The normalized spacial score (nSPS) is 12.4. The average Bonchev–Trinajstić information content (AvgIpc) is 2.41. The Bertz CT molecular complexity index is 566. The third-order valence-corrected chi connectivity index (χ3v) is 3.36. The molecular formula is C16H17F2N. The Balaban J connectivity index is 2.29. The van der Waals surface area contributed by atoms with Crippen LogP contribution in [0.4, 0.5) is 8.78 Å². The molecule has 0 heterocycles. The van der Waals surface area contributed by atoms with Crippen molar-refractivity contribution in [3.63, 3.8) is 0 Å². The zero-order valence-corrected chi connectivity index (χ0v) is 11.1. The van der Waals surface area contributed by atoms with E-state index in [2.05, 4.69) is 5.32 Å². The van der Waals surface area contributed by atoms with E-state index in [4.69, 9.17) is 0 Å². The minimum absolute atomic E-state index is 0.165. The highest BCUT2D eigenvalue weighted by Gasteiger charge is 2.15. The Labute approximate surface area is 112 Å². The summed E-state index contributed by atoms with van der Waals surface area (Å²) in [4.78, 5) is 0. The van der Waals surface area contributed by atoms with Crippen LogP contribution in [0.5, 0.6) is 0 Å². The van der Waals surface area contributed by atoms with Gasteiger partial charge < -0.3 is 5.32 Å². The largest absolute Gasteiger partial charge is 0.313 e. The molecule has 2 rings (SSSR count). The molecule has 0 spiro atoms. The van der Waals surface area contributed by atoms with Gasteiger partial charge in [-0.25, -0.2) is 8.78 Å². The molecule has 3 heteroatoms. The monoisotopic (exact) mass is 261 g/mol. The van der Waals surface area contributed by atoms with Crippen LogP contribution in [-0.4, -0.2) is 7.05 Å². The van der Waals surface area contributed by atoms with Gasteiger partial charge in [0.25, 0.3) is 0 Å². The van der Waals surface area contributed by atoms with E-state index in [9.17, 15) is 8.78 Å². The number of hydrogen-bond donors (Lipinski definition) is 1. The quantitative estimate of drug-likeness (QED) is 0.883. The number of halogens is 2. The molecule has 0 aliphatic heterocycles. The van der Waals surface area contributed by atoms with E-state index in [-0.39, 0.29) is 17.7 Å². The fourth-order valence-electron chi connectivity index (χ4n) is 2.21. The van der Waals surface area contributed by atoms with Crippen molar-refractivity contribution in [3.05, 3.63) is 70.8 Å². The zero-order chi connectivity index (χ0) is 13.8. The molecule has 100 valence electrons. The Morgan fingerprint density at radius 3 is 2.53 bits per heavy atom. The summed E-state index contributed by atoms with van der Waals surface area (Å²) in [6, 6.07) is 11.2. The van der Waals surface area contributed by atoms with Crippen molar-refractivity contribution in [1.82, 2.24) is 5.32 Å². The number of hydrogen-bond acceptors (Lipinski definition) is 1. The van der Waals surface area contributed by atoms with E-state index < -0.39 is 0 Å². The molecule has 0 saturated carbocycles. The molecule has 1 unspecified atom stereocenters. The summed E-state index contributed by atoms with van der Waals surface area (Å²) in [7, 11) is 1.78. The van der Waals surface area contributed by atoms with Gasteiger partial charge in [-0.15, -0.1) is 0 Å². The summed E-state index contributed by atoms with van der Waals surface area (Å²) >= 11 is 0. The minimum Gasteiger partial charge on any atom is -0.313 e. The second kappa shape index (κ2) is 5.93. The van der Waals surface area contributed by atoms with Crippen LogP contribution >= 0.6 is 0 Å². The second-order valence-electron chi connectivity index (χ2n) is 4.64. The summed E-state index contributed by atoms with van der Waals surface area (Å²) in [5, 5.41) is 3.09. The average molecular weight is 261 g/mol. The van der Waals surface area contributed by atoms with E-state index in [0.29, 0.717) is 12.0 Å². The molecule has 0 fully saturated rings. The molecule has 0 aliphatic carbocycles. The standard InChI is InChI=1S/C16H17F2N/c1-11-7-8-13(17)9-12(11)10-16(19-2)14-5-3-4-6-15(14)18/h3-9,16,19H,10H2,1-2H3. The van der Waals surface area contributed by atoms with Gasteiger partial charge in [-0.3, -0.25) is 0 Å². The second-order valence-corrected chi connectivity index (χ2v) is 4.64. The lowest BCUT2D eigenvalue weighted by Gasteiger charge is -2.18. The molecule has 2 aromatic carbocycles. The molecule has 2 aromatic rings. The smallest absolute Gasteiger partial charge is 0.127 e. The summed E-state index contributed by atoms with van der Waals surface area (Å²) in [5.41, 5.74) is 2.51. The molecule has 0 amide bonds. The maximum Gasteiger partial charge on any atom is 0.127 e. The van der Waals surface area contributed by atoms with Crippen LogP contribution in [0.1, 0.15) is 22.7 Å². The van der Waals surface area contributed by atoms with Crippen LogP contribution in [0.2, 0.25) is 0 Å². The van der Waals surface area contributed by atoms with Gasteiger partial charge in [-0.05, 0) is 49.7 Å². The summed E-state index contributed by atoms with van der Waals surface area (Å²) < 4.78 is 27.1. The van der Waals surface area contributed by atoms with Gasteiger partial charge >= 0.3 is 0 Å². The van der Waals surface area contributed by atoms with Crippen molar-refractivity contribution in [1.29, 1.82) is 0 Å². The molecular weight excluding hydrogens is 244 g/mol. The van der Waals surface area contributed by atoms with Crippen LogP contribution in [0.15, 0.2) is 42.5 Å². The summed E-state index contributed by atoms with van der Waals surface area (Å²) in [5.74, 6) is -0.500. The Morgan fingerprint density at radius 1 is 1.11 bits per heavy atom. The SMILES string of the molecule is CNC(Cc1cc(F)ccc1C)c1ccccc1F. The summed E-state index contributed by atoms with van der Waals surface area (Å²) in [6.07, 6.45) is 0.557. The first kappa shape index (κ1) is 13.7. The van der Waals surface area contributed by atoms with Gasteiger partial charge in [0.2, 0.25) is 0 Å². The number of rotatable bonds is 4. The van der Waals surface area contributed by atoms with Crippen molar-refractivity contribution in [3.8, 4) is 0 Å². The van der Waals surface area contributed by atoms with E-state index in [1.54, 1.807) is 31.3 Å². The zero-order valence-electron chi connectivity index (χ0n) is 11.1. The fraction of sp³-hybridized carbons (Fsp3) is 0.250. The molecule has 1 N–H and O–H groups in total. The highest BCUT2D eigenvalue weighted by molar-refractivity contribution is 5.30. The van der Waals surface area contributed by atoms with Crippen LogP contribution < -0.4 is 5.32 Å². The van der Waals surface area contributed by atoms with Crippen molar-refractivity contribution >= 4 is 0 Å². The van der Waals surface area contributed by atoms with Gasteiger partial charge in [0.15, 0.2) is 0 Å². The molecule has 1 nitrogen and oxygen atoms in total. The first-order chi connectivity index (χ1) is 9.11. The van der Waals surface area contributed by atoms with Crippen LogP contribution in [0, 0.1) is 18.6 Å². The molecule has 1 atom stereocenters. The van der Waals surface area contributed by atoms with E-state index >= 15 is 0 Å². The molecule has 0 aromatic heterocycles.